The molecular formula is C9H13Cl2FN2. The Morgan fingerprint density at radius 1 is 1.43 bits per heavy atom. The highest BCUT2D eigenvalue weighted by atomic mass is 35.5. The summed E-state index contributed by atoms with van der Waals surface area (Å²) in [6.07, 6.45) is 0.600. The van der Waals surface area contributed by atoms with Crippen LogP contribution in [0.25, 0.3) is 0 Å². The second kappa shape index (κ2) is 6.19. The molecule has 0 spiro atoms. The third-order valence-corrected chi connectivity index (χ3v) is 2.26. The Kier molecular flexibility index (Phi) is 6.04. The van der Waals surface area contributed by atoms with Gasteiger partial charge in [0.1, 0.15) is 5.82 Å². The summed E-state index contributed by atoms with van der Waals surface area (Å²) in [4.78, 5) is 0. The van der Waals surface area contributed by atoms with Gasteiger partial charge in [-0.1, -0.05) is 23.7 Å². The van der Waals surface area contributed by atoms with Crippen LogP contribution in [-0.2, 0) is 0 Å². The maximum atomic E-state index is 13.0. The molecule has 0 amide bonds. The summed E-state index contributed by atoms with van der Waals surface area (Å²) < 4.78 is 13.0. The van der Waals surface area contributed by atoms with E-state index in [0.29, 0.717) is 18.5 Å². The Labute approximate surface area is 93.8 Å². The van der Waals surface area contributed by atoms with Crippen molar-refractivity contribution in [3.05, 3.63) is 34.6 Å². The van der Waals surface area contributed by atoms with E-state index in [1.165, 1.54) is 6.07 Å². The number of nitrogens with two attached hydrogens (primary N) is 2. The number of benzene rings is 1. The summed E-state index contributed by atoms with van der Waals surface area (Å²) >= 11 is 5.73. The molecule has 1 rings (SSSR count). The fourth-order valence-corrected chi connectivity index (χ4v) is 1.41. The number of rotatable bonds is 3. The van der Waals surface area contributed by atoms with E-state index >= 15 is 0 Å². The third-order valence-electron chi connectivity index (χ3n) is 1.86. The van der Waals surface area contributed by atoms with Crippen molar-refractivity contribution in [2.45, 2.75) is 12.5 Å². The lowest BCUT2D eigenvalue weighted by Gasteiger charge is -2.12. The summed E-state index contributed by atoms with van der Waals surface area (Å²) in [6, 6.07) is 4.33. The quantitative estimate of drug-likeness (QED) is 0.849. The highest BCUT2D eigenvalue weighted by Gasteiger charge is 2.11. The average molecular weight is 239 g/mol. The molecule has 80 valence electrons. The number of hydrogen-bond acceptors (Lipinski definition) is 2. The molecule has 1 atom stereocenters. The molecule has 0 saturated heterocycles. The molecule has 1 aromatic rings. The summed E-state index contributed by atoms with van der Waals surface area (Å²) in [5.74, 6) is -0.438. The fraction of sp³-hybridized carbons (Fsp3) is 0.333. The zero-order valence-corrected chi connectivity index (χ0v) is 9.11. The van der Waals surface area contributed by atoms with Crippen LogP contribution < -0.4 is 11.5 Å². The zero-order chi connectivity index (χ0) is 9.84. The van der Waals surface area contributed by atoms with Crippen LogP contribution in [0.3, 0.4) is 0 Å². The lowest BCUT2D eigenvalue weighted by atomic mass is 10.0. The first-order valence-corrected chi connectivity index (χ1v) is 4.44. The van der Waals surface area contributed by atoms with Crippen molar-refractivity contribution in [2.24, 2.45) is 11.5 Å². The highest BCUT2D eigenvalue weighted by Crippen LogP contribution is 2.25. The number of hydrogen-bond donors (Lipinski definition) is 2. The van der Waals surface area contributed by atoms with Gasteiger partial charge in [0, 0.05) is 6.04 Å². The maximum absolute atomic E-state index is 13.0. The molecule has 14 heavy (non-hydrogen) atoms. The molecule has 0 aliphatic rings. The van der Waals surface area contributed by atoms with Crippen LogP contribution in [0.2, 0.25) is 5.02 Å². The summed E-state index contributed by atoms with van der Waals surface area (Å²) in [7, 11) is 0. The zero-order valence-electron chi connectivity index (χ0n) is 7.54. The van der Waals surface area contributed by atoms with Gasteiger partial charge in [-0.25, -0.2) is 4.39 Å². The van der Waals surface area contributed by atoms with Crippen LogP contribution in [0.4, 0.5) is 4.39 Å². The van der Waals surface area contributed by atoms with Gasteiger partial charge in [-0.2, -0.15) is 0 Å². The molecule has 4 N–H and O–H groups in total. The molecule has 0 bridgehead atoms. The minimum Gasteiger partial charge on any atom is -0.330 e. The molecule has 0 aliphatic heterocycles. The summed E-state index contributed by atoms with van der Waals surface area (Å²) in [5, 5.41) is 0.100. The molecule has 0 fully saturated rings. The second-order valence-corrected chi connectivity index (χ2v) is 3.20. The van der Waals surface area contributed by atoms with Crippen molar-refractivity contribution in [3.8, 4) is 0 Å². The van der Waals surface area contributed by atoms with Crippen LogP contribution in [0.5, 0.6) is 0 Å². The van der Waals surface area contributed by atoms with Gasteiger partial charge < -0.3 is 11.5 Å². The lowest BCUT2D eigenvalue weighted by molar-refractivity contribution is 0.612. The summed E-state index contributed by atoms with van der Waals surface area (Å²) in [5.41, 5.74) is 11.7. The van der Waals surface area contributed by atoms with Crippen molar-refractivity contribution in [1.82, 2.24) is 0 Å². The molecule has 0 aliphatic carbocycles. The van der Waals surface area contributed by atoms with Crippen molar-refractivity contribution in [2.75, 3.05) is 6.54 Å². The minimum atomic E-state index is -0.438. The van der Waals surface area contributed by atoms with Gasteiger partial charge in [-0.05, 0) is 24.6 Å². The van der Waals surface area contributed by atoms with Gasteiger partial charge in [-0.3, -0.25) is 0 Å². The maximum Gasteiger partial charge on any atom is 0.142 e. The Balaban J connectivity index is 0.00000169. The normalized spacial score (nSPS) is 12.0. The monoisotopic (exact) mass is 238 g/mol. The van der Waals surface area contributed by atoms with E-state index in [9.17, 15) is 4.39 Å². The highest BCUT2D eigenvalue weighted by molar-refractivity contribution is 6.31. The Hall–Kier alpha value is -0.350. The Bertz CT molecular complexity index is 294. The van der Waals surface area contributed by atoms with Crippen molar-refractivity contribution >= 4 is 24.0 Å². The van der Waals surface area contributed by atoms with E-state index in [0.717, 1.165) is 0 Å². The van der Waals surface area contributed by atoms with Gasteiger partial charge in [0.2, 0.25) is 0 Å². The van der Waals surface area contributed by atoms with Gasteiger partial charge in [0.15, 0.2) is 0 Å². The SMILES string of the molecule is Cl.NCC[C@H](N)c1cccc(F)c1Cl. The van der Waals surface area contributed by atoms with Crippen LogP contribution in [0, 0.1) is 5.82 Å². The van der Waals surface area contributed by atoms with Crippen molar-refractivity contribution in [1.29, 1.82) is 0 Å². The fourth-order valence-electron chi connectivity index (χ4n) is 1.14. The molecule has 0 unspecified atom stereocenters. The van der Waals surface area contributed by atoms with Gasteiger partial charge >= 0.3 is 0 Å². The topological polar surface area (TPSA) is 52.0 Å². The molecule has 5 heteroatoms. The van der Waals surface area contributed by atoms with Crippen molar-refractivity contribution in [3.63, 3.8) is 0 Å². The molecule has 0 heterocycles. The predicted molar refractivity (Wildman–Crippen MR) is 59.3 cm³/mol. The first-order chi connectivity index (χ1) is 6.16. The lowest BCUT2D eigenvalue weighted by Crippen LogP contribution is -2.15. The average Bonchev–Trinajstić information content (AvgIpc) is 2.10. The van der Waals surface area contributed by atoms with Gasteiger partial charge in [-0.15, -0.1) is 12.4 Å². The van der Waals surface area contributed by atoms with Gasteiger partial charge in [0.25, 0.3) is 0 Å². The molecular weight excluding hydrogens is 226 g/mol. The Morgan fingerprint density at radius 3 is 2.64 bits per heavy atom. The van der Waals surface area contributed by atoms with E-state index in [1.54, 1.807) is 12.1 Å². The van der Waals surface area contributed by atoms with E-state index in [2.05, 4.69) is 0 Å². The van der Waals surface area contributed by atoms with Crippen LogP contribution in [-0.4, -0.2) is 6.54 Å². The summed E-state index contributed by atoms with van der Waals surface area (Å²) in [6.45, 7) is 0.466. The first kappa shape index (κ1) is 13.7. The van der Waals surface area contributed by atoms with Crippen LogP contribution in [0.1, 0.15) is 18.0 Å². The smallest absolute Gasteiger partial charge is 0.142 e. The molecule has 0 aromatic heterocycles. The molecule has 0 radical (unpaired) electrons. The minimum absolute atomic E-state index is 0. The largest absolute Gasteiger partial charge is 0.330 e. The van der Waals surface area contributed by atoms with E-state index in [4.69, 9.17) is 23.1 Å². The standard InChI is InChI=1S/C9H12ClFN2.ClH/c10-9-6(8(13)4-5-12)2-1-3-7(9)11;/h1-3,8H,4-5,12-13H2;1H/t8-;/m0./s1. The Morgan fingerprint density at radius 2 is 2.07 bits per heavy atom. The molecule has 0 saturated carbocycles. The van der Waals surface area contributed by atoms with Crippen LogP contribution in [0.15, 0.2) is 18.2 Å². The van der Waals surface area contributed by atoms with E-state index < -0.39 is 5.82 Å². The molecule has 2 nitrogen and oxygen atoms in total. The van der Waals surface area contributed by atoms with E-state index in [-0.39, 0.29) is 23.5 Å². The second-order valence-electron chi connectivity index (χ2n) is 2.83. The van der Waals surface area contributed by atoms with Crippen molar-refractivity contribution < 1.29 is 4.39 Å². The number of halogens is 3. The van der Waals surface area contributed by atoms with Crippen LogP contribution >= 0.6 is 24.0 Å². The van der Waals surface area contributed by atoms with E-state index in [1.807, 2.05) is 0 Å². The van der Waals surface area contributed by atoms with Gasteiger partial charge in [0.05, 0.1) is 5.02 Å². The molecule has 1 aromatic carbocycles. The predicted octanol–water partition coefficient (Wildman–Crippen LogP) is 2.25. The third kappa shape index (κ3) is 3.10. The first-order valence-electron chi connectivity index (χ1n) is 4.06.